The van der Waals surface area contributed by atoms with E-state index in [2.05, 4.69) is 31.3 Å². The van der Waals surface area contributed by atoms with E-state index in [-0.39, 0.29) is 5.56 Å². The number of nitrogens with one attached hydrogen (secondary N) is 2. The molecule has 1 aromatic carbocycles. The lowest BCUT2D eigenvalue weighted by atomic mass is 10.2. The largest absolute Gasteiger partial charge is 0.339 e. The zero-order valence-electron chi connectivity index (χ0n) is 13.5. The third-order valence-electron chi connectivity index (χ3n) is 3.55. The number of aryl methyl sites for hydroxylation is 1. The van der Waals surface area contributed by atoms with Gasteiger partial charge in [0.25, 0.3) is 5.56 Å². The molecule has 0 amide bonds. The summed E-state index contributed by atoms with van der Waals surface area (Å²) in [6, 6.07) is 9.45. The lowest BCUT2D eigenvalue weighted by molar-refractivity contribution is 0.861. The third kappa shape index (κ3) is 4.23. The highest BCUT2D eigenvalue weighted by Crippen LogP contribution is 2.33. The van der Waals surface area contributed by atoms with Crippen LogP contribution >= 0.6 is 50.8 Å². The minimum atomic E-state index is -0.0539. The Labute approximate surface area is 167 Å². The summed E-state index contributed by atoms with van der Waals surface area (Å²) in [5, 5.41) is 7.93. The molecule has 0 aliphatic carbocycles. The topological polar surface area (TPSA) is 46.1 Å². The Kier molecular flexibility index (Phi) is 5.78. The number of thiophene rings is 1. The Morgan fingerprint density at radius 2 is 2.04 bits per heavy atom. The molecule has 0 spiro atoms. The summed E-state index contributed by atoms with van der Waals surface area (Å²) in [6.07, 6.45) is 0. The van der Waals surface area contributed by atoms with Crippen molar-refractivity contribution in [3.05, 3.63) is 66.5 Å². The fourth-order valence-corrected chi connectivity index (χ4v) is 4.47. The van der Waals surface area contributed by atoms with Gasteiger partial charge in [0.1, 0.15) is 5.82 Å². The quantitative estimate of drug-likeness (QED) is 0.460. The number of halogens is 2. The monoisotopic (exact) mass is 455 g/mol. The van der Waals surface area contributed by atoms with Gasteiger partial charge in [-0.15, -0.1) is 0 Å². The first-order valence-corrected chi connectivity index (χ1v) is 10.3. The Bertz CT molecular complexity index is 957. The van der Waals surface area contributed by atoms with Gasteiger partial charge in [0.2, 0.25) is 0 Å². The van der Waals surface area contributed by atoms with Gasteiger partial charge in [-0.25, -0.2) is 0 Å². The molecule has 0 radical (unpaired) electrons. The first kappa shape index (κ1) is 18.4. The zero-order chi connectivity index (χ0) is 18.0. The van der Waals surface area contributed by atoms with Crippen molar-refractivity contribution < 1.29 is 0 Å². The molecule has 0 fully saturated rings. The summed E-state index contributed by atoms with van der Waals surface area (Å²) in [5.74, 6) is 0.655. The lowest BCUT2D eigenvalue weighted by Crippen LogP contribution is -2.22. The van der Waals surface area contributed by atoms with Crippen molar-refractivity contribution in [1.29, 1.82) is 0 Å². The van der Waals surface area contributed by atoms with Crippen molar-refractivity contribution in [2.24, 2.45) is 7.05 Å². The van der Waals surface area contributed by atoms with Crippen molar-refractivity contribution in [2.75, 3.05) is 10.0 Å². The van der Waals surface area contributed by atoms with Crippen molar-refractivity contribution in [3.8, 4) is 0 Å². The van der Waals surface area contributed by atoms with Crippen LogP contribution in [0.15, 0.2) is 55.3 Å². The highest BCUT2D eigenvalue weighted by Gasteiger charge is 2.13. The normalized spacial score (nSPS) is 10.7. The molecule has 2 N–H and O–H groups in total. The SMILES string of the molecule is Cc1cc(NSc2ccsc2)c(Nc2ccc(Br)cc2Cl)n(C)c1=O. The number of pyridine rings is 1. The van der Waals surface area contributed by atoms with Gasteiger partial charge in [0, 0.05) is 27.4 Å². The number of hydrogen-bond donors (Lipinski definition) is 2. The molecule has 0 aliphatic heterocycles. The van der Waals surface area contributed by atoms with E-state index in [1.54, 1.807) is 29.9 Å². The van der Waals surface area contributed by atoms with Crippen molar-refractivity contribution in [3.63, 3.8) is 0 Å². The molecule has 2 heterocycles. The van der Waals surface area contributed by atoms with Crippen LogP contribution in [0.3, 0.4) is 0 Å². The second-order valence-corrected chi connectivity index (χ2v) is 8.35. The van der Waals surface area contributed by atoms with Crippen LogP contribution in [-0.4, -0.2) is 4.57 Å². The Balaban J connectivity index is 1.97. The molecule has 0 atom stereocenters. The van der Waals surface area contributed by atoms with E-state index in [0.29, 0.717) is 16.4 Å². The number of benzene rings is 1. The van der Waals surface area contributed by atoms with Crippen LogP contribution in [0.5, 0.6) is 0 Å². The molecule has 2 aromatic heterocycles. The maximum absolute atomic E-state index is 12.4. The number of rotatable bonds is 5. The molecule has 8 heteroatoms. The molecule has 25 heavy (non-hydrogen) atoms. The molecule has 3 rings (SSSR count). The van der Waals surface area contributed by atoms with Crippen molar-refractivity contribution in [1.82, 2.24) is 4.57 Å². The van der Waals surface area contributed by atoms with E-state index in [1.807, 2.05) is 35.7 Å². The fourth-order valence-electron chi connectivity index (χ4n) is 2.26. The van der Waals surface area contributed by atoms with Crippen LogP contribution in [0.1, 0.15) is 5.56 Å². The van der Waals surface area contributed by atoms with Crippen LogP contribution < -0.4 is 15.6 Å². The van der Waals surface area contributed by atoms with Gasteiger partial charge in [0.15, 0.2) is 0 Å². The van der Waals surface area contributed by atoms with E-state index in [1.165, 1.54) is 11.9 Å². The van der Waals surface area contributed by atoms with Gasteiger partial charge in [-0.3, -0.25) is 9.36 Å². The summed E-state index contributed by atoms with van der Waals surface area (Å²) >= 11 is 12.8. The van der Waals surface area contributed by atoms with Gasteiger partial charge in [-0.1, -0.05) is 27.5 Å². The molecule has 0 bridgehead atoms. The van der Waals surface area contributed by atoms with Crippen LogP contribution in [0, 0.1) is 6.92 Å². The molecular formula is C17H15BrClN3OS2. The van der Waals surface area contributed by atoms with E-state index in [9.17, 15) is 4.79 Å². The fraction of sp³-hybridized carbons (Fsp3) is 0.118. The number of hydrogen-bond acceptors (Lipinski definition) is 5. The summed E-state index contributed by atoms with van der Waals surface area (Å²) in [5.41, 5.74) is 2.16. The molecule has 0 aliphatic rings. The smallest absolute Gasteiger partial charge is 0.254 e. The maximum Gasteiger partial charge on any atom is 0.254 e. The average Bonchev–Trinajstić information content (AvgIpc) is 3.09. The summed E-state index contributed by atoms with van der Waals surface area (Å²) in [7, 11) is 1.74. The molecule has 3 aromatic rings. The summed E-state index contributed by atoms with van der Waals surface area (Å²) < 4.78 is 5.81. The molecule has 4 nitrogen and oxygen atoms in total. The molecule has 130 valence electrons. The van der Waals surface area contributed by atoms with Crippen molar-refractivity contribution >= 4 is 68.0 Å². The lowest BCUT2D eigenvalue weighted by Gasteiger charge is -2.18. The average molecular weight is 457 g/mol. The first-order valence-electron chi connectivity index (χ1n) is 7.33. The number of anilines is 3. The molecule has 0 saturated carbocycles. The second kappa shape index (κ2) is 7.86. The van der Waals surface area contributed by atoms with Gasteiger partial charge >= 0.3 is 0 Å². The van der Waals surface area contributed by atoms with Crippen LogP contribution in [0.4, 0.5) is 17.2 Å². The molecule has 0 unspecified atom stereocenters. The second-order valence-electron chi connectivity index (χ2n) is 5.37. The number of nitrogens with zero attached hydrogens (tertiary/aromatic N) is 1. The van der Waals surface area contributed by atoms with Crippen LogP contribution in [0.25, 0.3) is 0 Å². The van der Waals surface area contributed by atoms with E-state index < -0.39 is 0 Å². The molecular weight excluding hydrogens is 442 g/mol. The zero-order valence-corrected chi connectivity index (χ0v) is 17.4. The minimum Gasteiger partial charge on any atom is -0.339 e. The van der Waals surface area contributed by atoms with E-state index >= 15 is 0 Å². The van der Waals surface area contributed by atoms with Gasteiger partial charge in [0.05, 0.1) is 16.4 Å². The minimum absolute atomic E-state index is 0.0539. The highest BCUT2D eigenvalue weighted by molar-refractivity contribution is 9.10. The van der Waals surface area contributed by atoms with Gasteiger partial charge in [-0.05, 0) is 54.6 Å². The third-order valence-corrected chi connectivity index (χ3v) is 6.00. The Hall–Kier alpha value is -1.41. The Morgan fingerprint density at radius 1 is 1.24 bits per heavy atom. The predicted octanol–water partition coefficient (Wildman–Crippen LogP) is 6.03. The van der Waals surface area contributed by atoms with E-state index in [0.717, 1.165) is 20.7 Å². The first-order chi connectivity index (χ1) is 12.0. The van der Waals surface area contributed by atoms with Gasteiger partial charge < -0.3 is 10.0 Å². The Morgan fingerprint density at radius 3 is 2.72 bits per heavy atom. The predicted molar refractivity (Wildman–Crippen MR) is 113 cm³/mol. The molecule has 0 saturated heterocycles. The van der Waals surface area contributed by atoms with Gasteiger partial charge in [-0.2, -0.15) is 11.3 Å². The standard InChI is InChI=1S/C17H15BrClN3OS2/c1-10-7-15(21-25-12-5-6-24-9-12)16(22(2)17(10)23)20-14-4-3-11(18)8-13(14)19/h3-9,20-21H,1-2H3. The van der Waals surface area contributed by atoms with Crippen LogP contribution in [-0.2, 0) is 7.05 Å². The van der Waals surface area contributed by atoms with Crippen LogP contribution in [0.2, 0.25) is 5.02 Å². The summed E-state index contributed by atoms with van der Waals surface area (Å²) in [6.45, 7) is 1.80. The number of aromatic nitrogens is 1. The maximum atomic E-state index is 12.4. The summed E-state index contributed by atoms with van der Waals surface area (Å²) in [4.78, 5) is 13.5. The van der Waals surface area contributed by atoms with E-state index in [4.69, 9.17) is 11.6 Å². The highest BCUT2D eigenvalue weighted by atomic mass is 79.9. The van der Waals surface area contributed by atoms with Crippen molar-refractivity contribution in [2.45, 2.75) is 11.8 Å².